The predicted molar refractivity (Wildman–Crippen MR) is 89.2 cm³/mol. The van der Waals surface area contributed by atoms with Crippen LogP contribution in [0.25, 0.3) is 11.0 Å². The Morgan fingerprint density at radius 2 is 2.04 bits per heavy atom. The minimum Gasteiger partial charge on any atom is -0.455 e. The van der Waals surface area contributed by atoms with Crippen molar-refractivity contribution in [1.82, 2.24) is 5.16 Å². The number of carbonyl (C=O) groups excluding carboxylic acids is 1. The van der Waals surface area contributed by atoms with E-state index < -0.39 is 12.7 Å². The number of benzene rings is 1. The molecule has 27 heavy (non-hydrogen) atoms. The van der Waals surface area contributed by atoms with Gasteiger partial charge in [0, 0.05) is 7.11 Å². The van der Waals surface area contributed by atoms with Crippen LogP contribution >= 0.6 is 0 Å². The molecule has 0 aliphatic rings. The van der Waals surface area contributed by atoms with E-state index in [1.807, 2.05) is 0 Å². The highest BCUT2D eigenvalue weighted by atomic mass is 19.3. The van der Waals surface area contributed by atoms with E-state index in [9.17, 15) is 13.6 Å². The van der Waals surface area contributed by atoms with Crippen LogP contribution in [0.4, 0.5) is 19.3 Å². The molecule has 3 rings (SSSR count). The number of anilines is 1. The van der Waals surface area contributed by atoms with E-state index in [0.717, 1.165) is 0 Å². The molecule has 0 atom stereocenters. The highest BCUT2D eigenvalue weighted by Crippen LogP contribution is 2.37. The third-order valence-corrected chi connectivity index (χ3v) is 3.62. The van der Waals surface area contributed by atoms with Crippen molar-refractivity contribution in [2.24, 2.45) is 0 Å². The van der Waals surface area contributed by atoms with Gasteiger partial charge in [-0.3, -0.25) is 5.32 Å². The number of fused-ring (bicyclic) bond motifs is 1. The predicted octanol–water partition coefficient (Wildman–Crippen LogP) is 4.40. The molecule has 1 aromatic carbocycles. The van der Waals surface area contributed by atoms with E-state index in [2.05, 4.69) is 15.2 Å². The van der Waals surface area contributed by atoms with Crippen LogP contribution in [0.3, 0.4) is 0 Å². The second-order valence-electron chi connectivity index (χ2n) is 5.54. The minimum absolute atomic E-state index is 0.0185. The SMILES string of the molecule is COCc1cc2c(OC(=O)Nc3c(C)noc3C)ccc(OC(F)F)c2o1. The van der Waals surface area contributed by atoms with E-state index in [1.165, 1.54) is 25.3 Å². The van der Waals surface area contributed by atoms with Gasteiger partial charge in [-0.2, -0.15) is 8.78 Å². The summed E-state index contributed by atoms with van der Waals surface area (Å²) in [4.78, 5) is 12.2. The standard InChI is InChI=1S/C17H16F2N2O6/c1-8-14(9(2)27-21-8)20-17(22)26-12-4-5-13(25-16(18)19)15-11(12)6-10(24-15)7-23-3/h4-6,16H,7H2,1-3H3,(H,20,22). The van der Waals surface area contributed by atoms with Crippen LogP contribution in [0.15, 0.2) is 27.1 Å². The second kappa shape index (κ2) is 7.62. The summed E-state index contributed by atoms with van der Waals surface area (Å²) < 4.78 is 50.4. The molecule has 0 spiro atoms. The lowest BCUT2D eigenvalue weighted by Gasteiger charge is -2.09. The molecule has 0 bridgehead atoms. The van der Waals surface area contributed by atoms with Gasteiger partial charge in [0.05, 0.1) is 5.39 Å². The number of nitrogens with one attached hydrogen (secondary N) is 1. The van der Waals surface area contributed by atoms with E-state index >= 15 is 0 Å². The van der Waals surface area contributed by atoms with Crippen molar-refractivity contribution >= 4 is 22.7 Å². The van der Waals surface area contributed by atoms with Crippen LogP contribution in [0.1, 0.15) is 17.2 Å². The van der Waals surface area contributed by atoms with Crippen molar-refractivity contribution in [3.63, 3.8) is 0 Å². The highest BCUT2D eigenvalue weighted by Gasteiger charge is 2.20. The molecule has 0 aliphatic heterocycles. The van der Waals surface area contributed by atoms with Crippen LogP contribution in [0.2, 0.25) is 0 Å². The van der Waals surface area contributed by atoms with E-state index in [0.29, 0.717) is 22.9 Å². The molecular formula is C17H16F2N2O6. The van der Waals surface area contributed by atoms with Gasteiger partial charge in [0.1, 0.15) is 29.5 Å². The molecule has 2 aromatic heterocycles. The Labute approximate surface area is 152 Å². The Morgan fingerprint density at radius 3 is 2.67 bits per heavy atom. The molecule has 144 valence electrons. The first-order valence-corrected chi connectivity index (χ1v) is 7.80. The number of hydrogen-bond donors (Lipinski definition) is 1. The minimum atomic E-state index is -3.03. The number of furan rings is 1. The Bertz CT molecular complexity index is 946. The molecule has 0 unspecified atom stereocenters. The zero-order valence-corrected chi connectivity index (χ0v) is 14.7. The molecular weight excluding hydrogens is 366 g/mol. The molecule has 0 radical (unpaired) electrons. The first kappa shape index (κ1) is 18.6. The summed E-state index contributed by atoms with van der Waals surface area (Å²) in [5.74, 6) is 0.692. The van der Waals surface area contributed by atoms with Gasteiger partial charge in [-0.15, -0.1) is 0 Å². The summed E-state index contributed by atoms with van der Waals surface area (Å²) >= 11 is 0. The fraction of sp³-hybridized carbons (Fsp3) is 0.294. The molecule has 1 amide bonds. The lowest BCUT2D eigenvalue weighted by atomic mass is 10.2. The first-order chi connectivity index (χ1) is 12.9. The Balaban J connectivity index is 1.90. The molecule has 0 saturated carbocycles. The van der Waals surface area contributed by atoms with E-state index in [1.54, 1.807) is 13.8 Å². The summed E-state index contributed by atoms with van der Waals surface area (Å²) in [6, 6.07) is 4.09. The number of rotatable bonds is 6. The zero-order chi connectivity index (χ0) is 19.6. The first-order valence-electron chi connectivity index (χ1n) is 7.80. The van der Waals surface area contributed by atoms with Gasteiger partial charge < -0.3 is 23.2 Å². The quantitative estimate of drug-likeness (QED) is 0.675. The maximum atomic E-state index is 12.6. The van der Waals surface area contributed by atoms with Gasteiger partial charge in [0.2, 0.25) is 0 Å². The second-order valence-corrected chi connectivity index (χ2v) is 5.54. The third kappa shape index (κ3) is 4.00. The van der Waals surface area contributed by atoms with E-state index in [4.69, 9.17) is 18.4 Å². The molecule has 1 N–H and O–H groups in total. The fourth-order valence-electron chi connectivity index (χ4n) is 2.51. The summed E-state index contributed by atoms with van der Waals surface area (Å²) in [5, 5.41) is 6.54. The molecule has 0 fully saturated rings. The number of ether oxygens (including phenoxy) is 3. The van der Waals surface area contributed by atoms with Crippen LogP contribution in [0.5, 0.6) is 11.5 Å². The number of halogens is 2. The number of hydrogen-bond acceptors (Lipinski definition) is 7. The largest absolute Gasteiger partial charge is 0.455 e. The summed E-state index contributed by atoms with van der Waals surface area (Å²) in [7, 11) is 1.46. The van der Waals surface area contributed by atoms with Crippen LogP contribution in [-0.2, 0) is 11.3 Å². The summed E-state index contributed by atoms with van der Waals surface area (Å²) in [6.07, 6.45) is -0.803. The maximum absolute atomic E-state index is 12.6. The normalized spacial score (nSPS) is 11.2. The summed E-state index contributed by atoms with van der Waals surface area (Å²) in [6.45, 7) is 0.373. The molecule has 0 aliphatic carbocycles. The lowest BCUT2D eigenvalue weighted by molar-refractivity contribution is -0.0494. The van der Waals surface area contributed by atoms with Gasteiger partial charge in [-0.1, -0.05) is 5.16 Å². The number of methoxy groups -OCH3 is 1. The van der Waals surface area contributed by atoms with E-state index in [-0.39, 0.29) is 29.1 Å². The fourth-order valence-corrected chi connectivity index (χ4v) is 2.51. The smallest absolute Gasteiger partial charge is 0.417 e. The molecule has 10 heteroatoms. The third-order valence-electron chi connectivity index (χ3n) is 3.62. The molecule has 8 nitrogen and oxygen atoms in total. The Morgan fingerprint density at radius 1 is 1.30 bits per heavy atom. The Hall–Kier alpha value is -3.14. The lowest BCUT2D eigenvalue weighted by Crippen LogP contribution is -2.17. The summed E-state index contributed by atoms with van der Waals surface area (Å²) in [5.41, 5.74) is 0.895. The van der Waals surface area contributed by atoms with Crippen molar-refractivity contribution in [2.75, 3.05) is 12.4 Å². The van der Waals surface area contributed by atoms with Gasteiger partial charge in [-0.25, -0.2) is 4.79 Å². The zero-order valence-electron chi connectivity index (χ0n) is 14.7. The van der Waals surface area contributed by atoms with Crippen LogP contribution in [-0.4, -0.2) is 25.0 Å². The Kier molecular flexibility index (Phi) is 5.26. The van der Waals surface area contributed by atoms with Crippen molar-refractivity contribution in [1.29, 1.82) is 0 Å². The topological polar surface area (TPSA) is 96.0 Å². The molecule has 3 aromatic rings. The van der Waals surface area contributed by atoms with Crippen molar-refractivity contribution in [3.05, 3.63) is 35.4 Å². The van der Waals surface area contributed by atoms with Crippen molar-refractivity contribution in [2.45, 2.75) is 27.1 Å². The van der Waals surface area contributed by atoms with Crippen LogP contribution in [0, 0.1) is 13.8 Å². The van der Waals surface area contributed by atoms with Crippen LogP contribution < -0.4 is 14.8 Å². The molecule has 0 saturated heterocycles. The number of aromatic nitrogens is 1. The number of amides is 1. The van der Waals surface area contributed by atoms with Gasteiger partial charge in [0.15, 0.2) is 17.1 Å². The molecule has 2 heterocycles. The average Bonchev–Trinajstić information content (AvgIpc) is 3.16. The van der Waals surface area contributed by atoms with Gasteiger partial charge in [-0.05, 0) is 32.0 Å². The monoisotopic (exact) mass is 382 g/mol. The number of carbonyl (C=O) groups is 1. The average molecular weight is 382 g/mol. The number of nitrogens with zero attached hydrogens (tertiary/aromatic N) is 1. The number of aryl methyl sites for hydroxylation is 2. The van der Waals surface area contributed by atoms with Gasteiger partial charge in [0.25, 0.3) is 0 Å². The maximum Gasteiger partial charge on any atom is 0.417 e. The highest BCUT2D eigenvalue weighted by molar-refractivity contribution is 5.94. The number of alkyl halides is 2. The van der Waals surface area contributed by atoms with Crippen molar-refractivity contribution < 1.29 is 36.7 Å². The van der Waals surface area contributed by atoms with Gasteiger partial charge >= 0.3 is 12.7 Å². The van der Waals surface area contributed by atoms with Crippen molar-refractivity contribution in [3.8, 4) is 11.5 Å².